The van der Waals surface area contributed by atoms with E-state index in [4.69, 9.17) is 5.73 Å². The second-order valence-electron chi connectivity index (χ2n) is 5.37. The minimum absolute atomic E-state index is 0.188. The van der Waals surface area contributed by atoms with Gasteiger partial charge in [-0.1, -0.05) is 17.7 Å². The molecule has 0 bridgehead atoms. The smallest absolute Gasteiger partial charge is 0.369 e. The topological polar surface area (TPSA) is 76.2 Å². The lowest BCUT2D eigenvalue weighted by Gasteiger charge is -2.12. The highest BCUT2D eigenvalue weighted by Crippen LogP contribution is 2.34. The molecule has 26 heavy (non-hydrogen) atoms. The van der Waals surface area contributed by atoms with Crippen molar-refractivity contribution in [3.05, 3.63) is 46.8 Å². The summed E-state index contributed by atoms with van der Waals surface area (Å²) >= 11 is 0. The minimum atomic E-state index is -5.09. The van der Waals surface area contributed by atoms with Gasteiger partial charge in [-0.25, -0.2) is 9.97 Å². The van der Waals surface area contributed by atoms with Gasteiger partial charge in [0, 0.05) is 5.69 Å². The SMILES string of the molecule is Cc1ccc(NC(N)=Nc2nc(C(F)(F)F)cc(C(F)(F)F)n2)c(C)c1. The third kappa shape index (κ3) is 4.83. The van der Waals surface area contributed by atoms with Crippen LogP contribution in [0.15, 0.2) is 29.3 Å². The molecule has 1 heterocycles. The molecule has 0 atom stereocenters. The number of nitrogens with two attached hydrogens (primary N) is 1. The molecule has 0 radical (unpaired) electrons. The lowest BCUT2D eigenvalue weighted by Crippen LogP contribution is -2.23. The molecule has 0 aliphatic rings. The Hall–Kier alpha value is -2.85. The van der Waals surface area contributed by atoms with Gasteiger partial charge in [0.2, 0.25) is 5.96 Å². The van der Waals surface area contributed by atoms with Crippen LogP contribution >= 0.6 is 0 Å². The van der Waals surface area contributed by atoms with Gasteiger partial charge in [-0.15, -0.1) is 0 Å². The van der Waals surface area contributed by atoms with Crippen LogP contribution in [0.4, 0.5) is 38.0 Å². The van der Waals surface area contributed by atoms with Gasteiger partial charge in [-0.05, 0) is 31.5 Å². The van der Waals surface area contributed by atoms with Gasteiger partial charge < -0.3 is 11.1 Å². The first-order chi connectivity index (χ1) is 11.9. The predicted octanol–water partition coefficient (Wildman–Crippen LogP) is 4.19. The van der Waals surface area contributed by atoms with Gasteiger partial charge >= 0.3 is 12.4 Å². The van der Waals surface area contributed by atoms with Crippen molar-refractivity contribution >= 4 is 17.6 Å². The molecule has 0 aliphatic carbocycles. The van der Waals surface area contributed by atoms with Crippen molar-refractivity contribution in [2.24, 2.45) is 10.7 Å². The number of aryl methyl sites for hydroxylation is 2. The molecular formula is C15H13F6N5. The van der Waals surface area contributed by atoms with Crippen molar-refractivity contribution in [1.82, 2.24) is 9.97 Å². The van der Waals surface area contributed by atoms with E-state index in [0.29, 0.717) is 5.69 Å². The van der Waals surface area contributed by atoms with Gasteiger partial charge in [0.05, 0.1) is 0 Å². The van der Waals surface area contributed by atoms with Crippen LogP contribution in [-0.2, 0) is 12.4 Å². The highest BCUT2D eigenvalue weighted by Gasteiger charge is 2.39. The van der Waals surface area contributed by atoms with Crippen molar-refractivity contribution in [3.8, 4) is 0 Å². The van der Waals surface area contributed by atoms with Crippen LogP contribution in [0.25, 0.3) is 0 Å². The van der Waals surface area contributed by atoms with E-state index in [9.17, 15) is 26.3 Å². The first-order valence-corrected chi connectivity index (χ1v) is 7.08. The van der Waals surface area contributed by atoms with E-state index in [1.54, 1.807) is 25.1 Å². The number of halogens is 6. The van der Waals surface area contributed by atoms with Crippen molar-refractivity contribution in [2.45, 2.75) is 26.2 Å². The summed E-state index contributed by atoms with van der Waals surface area (Å²) in [7, 11) is 0. The third-order valence-corrected chi connectivity index (χ3v) is 3.16. The van der Waals surface area contributed by atoms with Crippen molar-refractivity contribution in [3.63, 3.8) is 0 Å². The monoisotopic (exact) mass is 377 g/mol. The number of aromatic nitrogens is 2. The molecule has 140 valence electrons. The first kappa shape index (κ1) is 19.5. The van der Waals surface area contributed by atoms with Crippen LogP contribution in [0.5, 0.6) is 0 Å². The standard InChI is InChI=1S/C15H13F6N5/c1-7-3-4-9(8(2)5-7)23-12(22)26-13-24-10(14(16,17)18)6-11(25-13)15(19,20)21/h3-6H,1-2H3,(H3,22,23,24,25,26). The maximum Gasteiger partial charge on any atom is 0.433 e. The Morgan fingerprint density at radius 2 is 1.50 bits per heavy atom. The van der Waals surface area contributed by atoms with Crippen LogP contribution in [-0.4, -0.2) is 15.9 Å². The van der Waals surface area contributed by atoms with Gasteiger partial charge in [0.15, 0.2) is 11.4 Å². The number of nitrogens with zero attached hydrogens (tertiary/aromatic N) is 3. The second-order valence-corrected chi connectivity index (χ2v) is 5.37. The molecule has 0 spiro atoms. The molecule has 5 nitrogen and oxygen atoms in total. The number of alkyl halides is 6. The Morgan fingerprint density at radius 1 is 0.962 bits per heavy atom. The van der Waals surface area contributed by atoms with Crippen LogP contribution in [0.3, 0.4) is 0 Å². The van der Waals surface area contributed by atoms with Crippen molar-refractivity contribution < 1.29 is 26.3 Å². The molecule has 0 aliphatic heterocycles. The Balaban J connectivity index is 2.41. The fourth-order valence-electron chi connectivity index (χ4n) is 2.00. The first-order valence-electron chi connectivity index (χ1n) is 7.08. The van der Waals surface area contributed by atoms with Crippen LogP contribution in [0.2, 0.25) is 0 Å². The Bertz CT molecular complexity index is 809. The average molecular weight is 377 g/mol. The fraction of sp³-hybridized carbons (Fsp3) is 0.267. The van der Waals surface area contributed by atoms with Crippen LogP contribution in [0, 0.1) is 13.8 Å². The summed E-state index contributed by atoms with van der Waals surface area (Å²) in [5.74, 6) is -1.51. The van der Waals surface area contributed by atoms with Gasteiger partial charge in [-0.3, -0.25) is 0 Å². The van der Waals surface area contributed by atoms with E-state index in [2.05, 4.69) is 20.3 Å². The molecule has 0 saturated heterocycles. The van der Waals surface area contributed by atoms with E-state index in [1.165, 1.54) is 0 Å². The van der Waals surface area contributed by atoms with E-state index in [0.717, 1.165) is 11.1 Å². The molecule has 0 saturated carbocycles. The number of guanidine groups is 1. The summed E-state index contributed by atoms with van der Waals surface area (Å²) in [5.41, 5.74) is 4.23. The normalized spacial score (nSPS) is 13.0. The molecule has 11 heteroatoms. The maximum atomic E-state index is 12.8. The Labute approximate surface area is 144 Å². The summed E-state index contributed by atoms with van der Waals surface area (Å²) in [6.07, 6.45) is -10.2. The summed E-state index contributed by atoms with van der Waals surface area (Å²) in [6, 6.07) is 5.00. The van der Waals surface area contributed by atoms with Crippen molar-refractivity contribution in [1.29, 1.82) is 0 Å². The second kappa shape index (κ2) is 6.81. The third-order valence-electron chi connectivity index (χ3n) is 3.16. The van der Waals surface area contributed by atoms with Gasteiger partial charge in [0.1, 0.15) is 0 Å². The summed E-state index contributed by atoms with van der Waals surface area (Å²) in [5, 5.41) is 2.59. The zero-order valence-corrected chi connectivity index (χ0v) is 13.5. The molecular weight excluding hydrogens is 364 g/mol. The Kier molecular flexibility index (Phi) is 5.10. The molecule has 1 aromatic heterocycles. The average Bonchev–Trinajstić information content (AvgIpc) is 2.48. The molecule has 2 aromatic rings. The van der Waals surface area contributed by atoms with Crippen LogP contribution in [0.1, 0.15) is 22.5 Å². The number of rotatable bonds is 2. The van der Waals surface area contributed by atoms with Gasteiger partial charge in [-0.2, -0.15) is 31.3 Å². The molecule has 0 unspecified atom stereocenters. The lowest BCUT2D eigenvalue weighted by atomic mass is 10.1. The number of anilines is 1. The number of nitrogens with one attached hydrogen (secondary N) is 1. The van der Waals surface area contributed by atoms with Crippen molar-refractivity contribution in [2.75, 3.05) is 5.32 Å². The number of aliphatic imine (C=N–C) groups is 1. The van der Waals surface area contributed by atoms with Crippen LogP contribution < -0.4 is 11.1 Å². The highest BCUT2D eigenvalue weighted by molar-refractivity contribution is 5.94. The van der Waals surface area contributed by atoms with E-state index in [1.807, 2.05) is 6.92 Å². The number of hydrogen-bond acceptors (Lipinski definition) is 3. The lowest BCUT2D eigenvalue weighted by molar-refractivity contribution is -0.147. The molecule has 0 amide bonds. The fourth-order valence-corrected chi connectivity index (χ4v) is 2.00. The van der Waals surface area contributed by atoms with E-state index >= 15 is 0 Å². The highest BCUT2D eigenvalue weighted by atomic mass is 19.4. The largest absolute Gasteiger partial charge is 0.433 e. The molecule has 2 rings (SSSR count). The number of benzene rings is 1. The summed E-state index contributed by atoms with van der Waals surface area (Å²) in [4.78, 5) is 9.41. The predicted molar refractivity (Wildman–Crippen MR) is 82.9 cm³/mol. The summed E-state index contributed by atoms with van der Waals surface area (Å²) < 4.78 is 76.5. The Morgan fingerprint density at radius 3 is 1.96 bits per heavy atom. The van der Waals surface area contributed by atoms with Gasteiger partial charge in [0.25, 0.3) is 5.95 Å². The van der Waals surface area contributed by atoms with E-state index < -0.39 is 35.6 Å². The maximum absolute atomic E-state index is 12.8. The molecule has 1 aromatic carbocycles. The zero-order chi connectivity index (χ0) is 19.7. The summed E-state index contributed by atoms with van der Waals surface area (Å²) in [6.45, 7) is 3.59. The molecule has 0 fully saturated rings. The quantitative estimate of drug-likeness (QED) is 0.468. The minimum Gasteiger partial charge on any atom is -0.369 e. The zero-order valence-electron chi connectivity index (χ0n) is 13.5. The van der Waals surface area contributed by atoms with E-state index in [-0.39, 0.29) is 6.07 Å². The number of hydrogen-bond donors (Lipinski definition) is 2. The molecule has 3 N–H and O–H groups in total.